The maximum absolute atomic E-state index is 10.1. The summed E-state index contributed by atoms with van der Waals surface area (Å²) in [6, 6.07) is 2.03. The maximum Gasteiger partial charge on any atom is 0.376 e. The number of aromatic nitrogens is 7. The van der Waals surface area contributed by atoms with E-state index in [1.807, 2.05) is 38.5 Å². The molecule has 1 atom stereocenters. The van der Waals surface area contributed by atoms with Crippen LogP contribution in [0.4, 0.5) is 10.9 Å². The summed E-state index contributed by atoms with van der Waals surface area (Å²) >= 11 is 1.43. The van der Waals surface area contributed by atoms with Crippen LogP contribution in [0.15, 0.2) is 30.2 Å². The highest BCUT2D eigenvalue weighted by atomic mass is 32.1. The molecule has 1 unspecified atom stereocenters. The van der Waals surface area contributed by atoms with E-state index in [0.717, 1.165) is 54.2 Å². The Morgan fingerprint density at radius 3 is 2.93 bits per heavy atom. The van der Waals surface area contributed by atoms with Gasteiger partial charge in [-0.2, -0.15) is 14.7 Å². The lowest BCUT2D eigenvalue weighted by Gasteiger charge is -2.33. The summed E-state index contributed by atoms with van der Waals surface area (Å²) in [5.41, 5.74) is 5.32. The van der Waals surface area contributed by atoms with Crippen LogP contribution < -0.4 is 5.32 Å². The van der Waals surface area contributed by atoms with Crippen LogP contribution in [0.3, 0.4) is 0 Å². The molecule has 4 aromatic heterocycles. The molecular formula is C18H22BN9OS. The third-order valence-corrected chi connectivity index (χ3v) is 6.11. The zero-order valence-corrected chi connectivity index (χ0v) is 17.6. The molecule has 30 heavy (non-hydrogen) atoms. The summed E-state index contributed by atoms with van der Waals surface area (Å²) in [7, 11) is 1.43. The molecule has 1 saturated heterocycles. The largest absolute Gasteiger partial charge is 0.437 e. The molecule has 1 fully saturated rings. The Morgan fingerprint density at radius 1 is 1.30 bits per heavy atom. The van der Waals surface area contributed by atoms with Gasteiger partial charge in [-0.25, -0.2) is 4.98 Å². The number of rotatable bonds is 5. The molecule has 154 valence electrons. The molecule has 0 aliphatic carbocycles. The SMILES string of the molecule is CB(O)N1CCCC(c2cc(Nc3nncs3)n3ncc(-c4cnn(C)c4)c3n2)C1. The van der Waals surface area contributed by atoms with Gasteiger partial charge in [-0.15, -0.1) is 10.2 Å². The molecule has 5 rings (SSSR count). The smallest absolute Gasteiger partial charge is 0.376 e. The second kappa shape index (κ2) is 7.78. The molecule has 10 nitrogen and oxygen atoms in total. The highest BCUT2D eigenvalue weighted by molar-refractivity contribution is 7.13. The Hall–Kier alpha value is -2.83. The molecule has 0 radical (unpaired) electrons. The van der Waals surface area contributed by atoms with Crippen LogP contribution in [0.2, 0.25) is 6.82 Å². The van der Waals surface area contributed by atoms with E-state index in [1.54, 1.807) is 14.7 Å². The predicted molar refractivity (Wildman–Crippen MR) is 116 cm³/mol. The van der Waals surface area contributed by atoms with Gasteiger partial charge < -0.3 is 15.2 Å². The Kier molecular flexibility index (Phi) is 4.97. The van der Waals surface area contributed by atoms with E-state index >= 15 is 0 Å². The van der Waals surface area contributed by atoms with Gasteiger partial charge in [0.05, 0.1) is 18.1 Å². The van der Waals surface area contributed by atoms with E-state index in [9.17, 15) is 5.02 Å². The van der Waals surface area contributed by atoms with Gasteiger partial charge in [-0.1, -0.05) is 11.3 Å². The van der Waals surface area contributed by atoms with Crippen molar-refractivity contribution in [3.05, 3.63) is 35.9 Å². The Morgan fingerprint density at radius 2 is 2.20 bits per heavy atom. The average Bonchev–Trinajstić information content (AvgIpc) is 3.49. The van der Waals surface area contributed by atoms with E-state index in [0.29, 0.717) is 5.13 Å². The predicted octanol–water partition coefficient (Wildman–Crippen LogP) is 2.01. The van der Waals surface area contributed by atoms with Crippen LogP contribution >= 0.6 is 11.3 Å². The maximum atomic E-state index is 10.1. The quantitative estimate of drug-likeness (QED) is 0.470. The number of hydrogen-bond donors (Lipinski definition) is 2. The molecule has 0 aromatic carbocycles. The van der Waals surface area contributed by atoms with E-state index in [-0.39, 0.29) is 5.92 Å². The van der Waals surface area contributed by atoms with E-state index in [1.165, 1.54) is 11.3 Å². The number of hydrogen-bond acceptors (Lipinski definition) is 9. The zero-order chi connectivity index (χ0) is 20.7. The minimum Gasteiger partial charge on any atom is -0.437 e. The minimum atomic E-state index is -0.462. The highest BCUT2D eigenvalue weighted by Crippen LogP contribution is 2.32. The van der Waals surface area contributed by atoms with Gasteiger partial charge in [0.15, 0.2) is 5.65 Å². The van der Waals surface area contributed by atoms with E-state index in [2.05, 4.69) is 30.5 Å². The third kappa shape index (κ3) is 3.57. The van der Waals surface area contributed by atoms with Crippen LogP contribution in [0.1, 0.15) is 24.5 Å². The normalized spacial score (nSPS) is 17.5. The topological polar surface area (TPSA) is 109 Å². The molecule has 1 aliphatic heterocycles. The average molecular weight is 423 g/mol. The van der Waals surface area contributed by atoms with Gasteiger partial charge in [0.25, 0.3) is 0 Å². The molecule has 4 aromatic rings. The lowest BCUT2D eigenvalue weighted by Crippen LogP contribution is -2.43. The molecular weight excluding hydrogens is 401 g/mol. The summed E-state index contributed by atoms with van der Waals surface area (Å²) < 4.78 is 3.56. The molecule has 2 N–H and O–H groups in total. The van der Waals surface area contributed by atoms with Crippen LogP contribution in [0.5, 0.6) is 0 Å². The van der Waals surface area contributed by atoms with Gasteiger partial charge in [-0.05, 0) is 32.8 Å². The number of nitrogens with zero attached hydrogens (tertiary/aromatic N) is 8. The Bertz CT molecular complexity index is 1160. The molecule has 0 amide bonds. The molecule has 0 spiro atoms. The first-order valence-electron chi connectivity index (χ1n) is 9.91. The zero-order valence-electron chi connectivity index (χ0n) is 16.8. The van der Waals surface area contributed by atoms with Gasteiger partial charge in [0.2, 0.25) is 5.13 Å². The van der Waals surface area contributed by atoms with Crippen LogP contribution in [0.25, 0.3) is 16.8 Å². The molecule has 12 heteroatoms. The molecule has 5 heterocycles. The number of nitrogens with one attached hydrogen (secondary N) is 1. The summed E-state index contributed by atoms with van der Waals surface area (Å²) in [6.45, 7) is 3.49. The lowest BCUT2D eigenvalue weighted by atomic mass is 9.80. The Balaban J connectivity index is 1.61. The van der Waals surface area contributed by atoms with Crippen molar-refractivity contribution in [1.29, 1.82) is 0 Å². The fourth-order valence-corrected chi connectivity index (χ4v) is 4.42. The van der Waals surface area contributed by atoms with Crippen molar-refractivity contribution in [2.24, 2.45) is 7.05 Å². The van der Waals surface area contributed by atoms with Crippen molar-refractivity contribution < 1.29 is 5.02 Å². The van der Waals surface area contributed by atoms with Crippen LogP contribution in [-0.2, 0) is 7.05 Å². The minimum absolute atomic E-state index is 0.227. The summed E-state index contributed by atoms with van der Waals surface area (Å²) in [5.74, 6) is 1.01. The van der Waals surface area contributed by atoms with E-state index in [4.69, 9.17) is 4.98 Å². The van der Waals surface area contributed by atoms with Gasteiger partial charge in [0, 0.05) is 36.4 Å². The summed E-state index contributed by atoms with van der Waals surface area (Å²) in [6.07, 6.45) is 7.65. The van der Waals surface area contributed by atoms with Gasteiger partial charge in [0.1, 0.15) is 11.3 Å². The van der Waals surface area contributed by atoms with E-state index < -0.39 is 7.05 Å². The summed E-state index contributed by atoms with van der Waals surface area (Å²) in [4.78, 5) is 7.10. The fraction of sp³-hybridized carbons (Fsp3) is 0.389. The van der Waals surface area contributed by atoms with Crippen molar-refractivity contribution in [3.8, 4) is 11.1 Å². The van der Waals surface area contributed by atoms with Crippen molar-refractivity contribution in [3.63, 3.8) is 0 Å². The number of anilines is 2. The van der Waals surface area contributed by atoms with Crippen molar-refractivity contribution in [1.82, 2.24) is 39.4 Å². The molecule has 0 saturated carbocycles. The van der Waals surface area contributed by atoms with Crippen molar-refractivity contribution in [2.45, 2.75) is 25.6 Å². The first-order chi connectivity index (χ1) is 14.6. The monoisotopic (exact) mass is 423 g/mol. The van der Waals surface area contributed by atoms with Gasteiger partial charge >= 0.3 is 7.05 Å². The second-order valence-electron chi connectivity index (χ2n) is 7.60. The number of piperidine rings is 1. The van der Waals surface area contributed by atoms with Crippen LogP contribution in [-0.4, -0.2) is 64.6 Å². The third-order valence-electron chi connectivity index (χ3n) is 5.50. The first kappa shape index (κ1) is 19.2. The van der Waals surface area contributed by atoms with Gasteiger partial charge in [-0.3, -0.25) is 4.68 Å². The first-order valence-corrected chi connectivity index (χ1v) is 10.8. The second-order valence-corrected chi connectivity index (χ2v) is 8.43. The summed E-state index contributed by atoms with van der Waals surface area (Å²) in [5, 5.41) is 31.0. The van der Waals surface area contributed by atoms with Crippen LogP contribution in [0, 0.1) is 0 Å². The number of fused-ring (bicyclic) bond motifs is 1. The fourth-order valence-electron chi connectivity index (χ4n) is 3.97. The standard InChI is InChI=1S/C18H22BN9OS/c1-19(29)27-5-3-4-12(10-27)15-6-16(24-18-25-20-11-30-18)28-17(23-15)14(8-22-28)13-7-21-26(2)9-13/h6-9,11-12,29H,3-5,10H2,1-2H3,(H,24,25). The number of aryl methyl sites for hydroxylation is 1. The Labute approximate surface area is 177 Å². The highest BCUT2D eigenvalue weighted by Gasteiger charge is 2.28. The molecule has 1 aliphatic rings. The molecule has 0 bridgehead atoms. The lowest BCUT2D eigenvalue weighted by molar-refractivity contribution is 0.283. The van der Waals surface area contributed by atoms with Crippen molar-refractivity contribution >= 4 is 35.0 Å². The van der Waals surface area contributed by atoms with Crippen molar-refractivity contribution in [2.75, 3.05) is 18.4 Å².